The molecular formula is C13H17BrF3NO. The minimum Gasteiger partial charge on any atom is -0.396 e. The molecule has 1 atom stereocenters. The molecule has 0 saturated carbocycles. The van der Waals surface area contributed by atoms with Gasteiger partial charge in [0.2, 0.25) is 0 Å². The number of hydrogen-bond acceptors (Lipinski definition) is 2. The van der Waals surface area contributed by atoms with Gasteiger partial charge in [-0.15, -0.1) is 0 Å². The van der Waals surface area contributed by atoms with Gasteiger partial charge < -0.3 is 10.4 Å². The minimum atomic E-state index is -4.40. The summed E-state index contributed by atoms with van der Waals surface area (Å²) in [7, 11) is 0. The van der Waals surface area contributed by atoms with Gasteiger partial charge in [0.15, 0.2) is 0 Å². The van der Waals surface area contributed by atoms with E-state index in [1.54, 1.807) is 0 Å². The quantitative estimate of drug-likeness (QED) is 0.838. The second-order valence-corrected chi connectivity index (χ2v) is 5.61. The summed E-state index contributed by atoms with van der Waals surface area (Å²) >= 11 is 3.17. The Morgan fingerprint density at radius 3 is 2.42 bits per heavy atom. The summed E-state index contributed by atoms with van der Waals surface area (Å²) in [6.45, 7) is 3.74. The summed E-state index contributed by atoms with van der Waals surface area (Å²) in [5, 5.41) is 11.9. The average Bonchev–Trinajstić information content (AvgIpc) is 2.26. The topological polar surface area (TPSA) is 32.3 Å². The van der Waals surface area contributed by atoms with E-state index in [-0.39, 0.29) is 24.3 Å². The molecule has 1 aromatic carbocycles. The van der Waals surface area contributed by atoms with E-state index in [9.17, 15) is 13.2 Å². The number of aliphatic hydroxyl groups is 1. The van der Waals surface area contributed by atoms with Crippen molar-refractivity contribution in [1.82, 2.24) is 0 Å². The predicted octanol–water partition coefficient (Wildman–Crippen LogP) is 4.29. The molecule has 0 spiro atoms. The van der Waals surface area contributed by atoms with Crippen LogP contribution < -0.4 is 5.32 Å². The first-order valence-corrected chi connectivity index (χ1v) is 6.79. The number of hydrogen-bond donors (Lipinski definition) is 2. The van der Waals surface area contributed by atoms with Gasteiger partial charge in [0.25, 0.3) is 0 Å². The highest BCUT2D eigenvalue weighted by Gasteiger charge is 2.34. The van der Waals surface area contributed by atoms with E-state index in [1.807, 2.05) is 13.8 Å². The lowest BCUT2D eigenvalue weighted by atomic mass is 10.00. The first-order valence-electron chi connectivity index (χ1n) is 6.00. The van der Waals surface area contributed by atoms with E-state index in [0.717, 1.165) is 6.07 Å². The van der Waals surface area contributed by atoms with E-state index < -0.39 is 11.7 Å². The van der Waals surface area contributed by atoms with Gasteiger partial charge in [-0.05, 0) is 30.5 Å². The summed E-state index contributed by atoms with van der Waals surface area (Å²) in [5.74, 6) is 0.118. The lowest BCUT2D eigenvalue weighted by molar-refractivity contribution is -0.137. The van der Waals surface area contributed by atoms with Gasteiger partial charge in [0.05, 0.1) is 5.56 Å². The Kier molecular flexibility index (Phi) is 5.67. The molecule has 0 heterocycles. The van der Waals surface area contributed by atoms with Crippen LogP contribution in [0.2, 0.25) is 0 Å². The number of benzene rings is 1. The van der Waals surface area contributed by atoms with E-state index in [0.29, 0.717) is 10.9 Å². The van der Waals surface area contributed by atoms with Crippen LogP contribution in [0.5, 0.6) is 0 Å². The van der Waals surface area contributed by atoms with Gasteiger partial charge in [-0.2, -0.15) is 13.2 Å². The maximum atomic E-state index is 12.9. The van der Waals surface area contributed by atoms with Crippen molar-refractivity contribution in [1.29, 1.82) is 0 Å². The molecule has 6 heteroatoms. The average molecular weight is 340 g/mol. The van der Waals surface area contributed by atoms with Crippen LogP contribution in [0.4, 0.5) is 18.9 Å². The molecule has 0 fully saturated rings. The van der Waals surface area contributed by atoms with Crippen LogP contribution in [0.1, 0.15) is 25.8 Å². The summed E-state index contributed by atoms with van der Waals surface area (Å²) in [6.07, 6.45) is -3.99. The Bertz CT molecular complexity index is 421. The van der Waals surface area contributed by atoms with Crippen molar-refractivity contribution < 1.29 is 18.3 Å². The fraction of sp³-hybridized carbons (Fsp3) is 0.538. The smallest absolute Gasteiger partial charge is 0.396 e. The maximum Gasteiger partial charge on any atom is 0.418 e. The molecule has 0 aromatic heterocycles. The van der Waals surface area contributed by atoms with Gasteiger partial charge in [-0.1, -0.05) is 29.8 Å². The second kappa shape index (κ2) is 6.61. The second-order valence-electron chi connectivity index (χ2n) is 4.69. The Morgan fingerprint density at radius 1 is 1.32 bits per heavy atom. The van der Waals surface area contributed by atoms with Crippen LogP contribution in [0, 0.1) is 5.92 Å². The fourth-order valence-corrected chi connectivity index (χ4v) is 2.16. The number of nitrogens with one attached hydrogen (secondary N) is 1. The highest BCUT2D eigenvalue weighted by Crippen LogP contribution is 2.37. The third-order valence-electron chi connectivity index (χ3n) is 2.87. The van der Waals surface area contributed by atoms with Gasteiger partial charge in [-0.3, -0.25) is 0 Å². The molecule has 0 aliphatic carbocycles. The van der Waals surface area contributed by atoms with Crippen LogP contribution >= 0.6 is 15.9 Å². The minimum absolute atomic E-state index is 0.0361. The number of aliphatic hydroxyl groups excluding tert-OH is 1. The summed E-state index contributed by atoms with van der Waals surface area (Å²) in [5.41, 5.74) is -0.659. The molecule has 1 unspecified atom stereocenters. The van der Waals surface area contributed by atoms with Crippen molar-refractivity contribution >= 4 is 21.6 Å². The molecule has 2 N–H and O–H groups in total. The Hall–Kier alpha value is -0.750. The van der Waals surface area contributed by atoms with Crippen molar-refractivity contribution in [2.75, 3.05) is 11.9 Å². The molecule has 19 heavy (non-hydrogen) atoms. The number of anilines is 1. The molecule has 0 aliphatic rings. The Labute approximate surface area is 119 Å². The van der Waals surface area contributed by atoms with Gasteiger partial charge in [-0.25, -0.2) is 0 Å². The molecule has 0 amide bonds. The molecule has 108 valence electrons. The summed E-state index contributed by atoms with van der Waals surface area (Å²) in [6, 6.07) is 3.61. The number of rotatable bonds is 5. The zero-order valence-corrected chi connectivity index (χ0v) is 12.3. The third-order valence-corrected chi connectivity index (χ3v) is 3.37. The van der Waals surface area contributed by atoms with Crippen LogP contribution in [0.3, 0.4) is 0 Å². The lowest BCUT2D eigenvalue weighted by Gasteiger charge is -2.25. The Morgan fingerprint density at radius 2 is 1.95 bits per heavy atom. The van der Waals surface area contributed by atoms with E-state index in [2.05, 4.69) is 21.2 Å². The molecule has 1 rings (SSSR count). The molecule has 1 aromatic rings. The predicted molar refractivity (Wildman–Crippen MR) is 73.1 cm³/mol. The molecule has 0 radical (unpaired) electrons. The highest BCUT2D eigenvalue weighted by molar-refractivity contribution is 9.10. The highest BCUT2D eigenvalue weighted by atomic mass is 79.9. The summed E-state index contributed by atoms with van der Waals surface area (Å²) in [4.78, 5) is 0. The molecule has 0 aliphatic heterocycles. The molecule has 0 saturated heterocycles. The fourth-order valence-electron chi connectivity index (χ4n) is 1.79. The van der Waals surface area contributed by atoms with Gasteiger partial charge in [0, 0.05) is 22.8 Å². The van der Waals surface area contributed by atoms with E-state index in [1.165, 1.54) is 12.1 Å². The SMILES string of the molecule is CC(C)C(CCO)Nc1cc(Br)ccc1C(F)(F)F. The van der Waals surface area contributed by atoms with Crippen molar-refractivity contribution in [2.24, 2.45) is 5.92 Å². The van der Waals surface area contributed by atoms with E-state index >= 15 is 0 Å². The molecule has 2 nitrogen and oxygen atoms in total. The number of halogens is 4. The van der Waals surface area contributed by atoms with Crippen LogP contribution in [0.25, 0.3) is 0 Å². The van der Waals surface area contributed by atoms with Crippen molar-refractivity contribution in [3.05, 3.63) is 28.2 Å². The van der Waals surface area contributed by atoms with Crippen molar-refractivity contribution in [2.45, 2.75) is 32.5 Å². The zero-order chi connectivity index (χ0) is 14.6. The largest absolute Gasteiger partial charge is 0.418 e. The standard InChI is InChI=1S/C13H17BrF3NO/c1-8(2)11(5-6-19)18-12-7-9(14)3-4-10(12)13(15,16)17/h3-4,7-8,11,18-19H,5-6H2,1-2H3. The maximum absolute atomic E-state index is 12.9. The third kappa shape index (κ3) is 4.69. The van der Waals surface area contributed by atoms with E-state index in [4.69, 9.17) is 5.11 Å². The summed E-state index contributed by atoms with van der Waals surface area (Å²) < 4.78 is 39.3. The molecular weight excluding hydrogens is 323 g/mol. The number of alkyl halides is 3. The van der Waals surface area contributed by atoms with Crippen LogP contribution in [-0.4, -0.2) is 17.8 Å². The lowest BCUT2D eigenvalue weighted by Crippen LogP contribution is -2.28. The monoisotopic (exact) mass is 339 g/mol. The van der Waals surface area contributed by atoms with Crippen molar-refractivity contribution in [3.63, 3.8) is 0 Å². The van der Waals surface area contributed by atoms with Gasteiger partial charge >= 0.3 is 6.18 Å². The van der Waals surface area contributed by atoms with Crippen LogP contribution in [0.15, 0.2) is 22.7 Å². The normalized spacial score (nSPS) is 13.7. The zero-order valence-electron chi connectivity index (χ0n) is 10.8. The Balaban J connectivity index is 3.07. The van der Waals surface area contributed by atoms with Gasteiger partial charge in [0.1, 0.15) is 0 Å². The van der Waals surface area contributed by atoms with Crippen molar-refractivity contribution in [3.8, 4) is 0 Å². The molecule has 0 bridgehead atoms. The first-order chi connectivity index (χ1) is 8.75. The van der Waals surface area contributed by atoms with Crippen LogP contribution in [-0.2, 0) is 6.18 Å². The first kappa shape index (κ1) is 16.3.